The topological polar surface area (TPSA) is 52.6 Å². The van der Waals surface area contributed by atoms with E-state index in [4.69, 9.17) is 9.47 Å². The summed E-state index contributed by atoms with van der Waals surface area (Å²) in [6, 6.07) is 0. The van der Waals surface area contributed by atoms with Gasteiger partial charge in [-0.1, -0.05) is 32.9 Å². The van der Waals surface area contributed by atoms with Gasteiger partial charge in [0.05, 0.1) is 6.61 Å². The molecule has 0 fully saturated rings. The second-order valence-corrected chi connectivity index (χ2v) is 3.57. The lowest BCUT2D eigenvalue weighted by molar-refractivity contribution is -0.145. The number of carbonyl (C=O) groups is 2. The molecule has 4 heteroatoms. The zero-order valence-electron chi connectivity index (χ0n) is 10.3. The van der Waals surface area contributed by atoms with E-state index in [-0.39, 0.29) is 12.7 Å². The van der Waals surface area contributed by atoms with E-state index < -0.39 is 11.9 Å². The maximum absolute atomic E-state index is 11.1. The van der Waals surface area contributed by atoms with E-state index >= 15 is 0 Å². The zero-order chi connectivity index (χ0) is 13.1. The first-order chi connectivity index (χ1) is 8.13. The van der Waals surface area contributed by atoms with Crippen LogP contribution in [0.15, 0.2) is 25.3 Å². The fourth-order valence-electron chi connectivity index (χ4n) is 1.26. The minimum atomic E-state index is -0.464. The third kappa shape index (κ3) is 8.25. The lowest BCUT2D eigenvalue weighted by atomic mass is 10.1. The molecule has 0 saturated carbocycles. The van der Waals surface area contributed by atoms with Gasteiger partial charge in [0.15, 0.2) is 0 Å². The Hall–Kier alpha value is -1.58. The van der Waals surface area contributed by atoms with Crippen molar-refractivity contribution in [1.29, 1.82) is 0 Å². The Bertz CT molecular complexity index is 271. The van der Waals surface area contributed by atoms with Crippen LogP contribution in [-0.4, -0.2) is 24.6 Å². The first kappa shape index (κ1) is 15.4. The van der Waals surface area contributed by atoms with Gasteiger partial charge >= 0.3 is 11.9 Å². The molecule has 4 nitrogen and oxygen atoms in total. The molecule has 0 aromatic rings. The summed E-state index contributed by atoms with van der Waals surface area (Å²) >= 11 is 0. The van der Waals surface area contributed by atoms with Gasteiger partial charge in [-0.05, 0) is 6.42 Å². The molecule has 1 unspecified atom stereocenters. The van der Waals surface area contributed by atoms with Crippen molar-refractivity contribution in [2.45, 2.75) is 38.7 Å². The Labute approximate surface area is 102 Å². The normalized spacial score (nSPS) is 11.4. The highest BCUT2D eigenvalue weighted by Gasteiger charge is 2.12. The standard InChI is InChI=1S/C13H20O4/c1-4-7-8-11(17-13(15)6-3)9-10-16-12(14)5-2/h5-6,11H,2-4,7-10H2,1H3. The minimum absolute atomic E-state index is 0.224. The molecule has 0 aromatic heterocycles. The smallest absolute Gasteiger partial charge is 0.330 e. The molecular weight excluding hydrogens is 220 g/mol. The first-order valence-corrected chi connectivity index (χ1v) is 5.76. The van der Waals surface area contributed by atoms with Crippen LogP contribution < -0.4 is 0 Å². The van der Waals surface area contributed by atoms with Crippen LogP contribution in [0.1, 0.15) is 32.6 Å². The summed E-state index contributed by atoms with van der Waals surface area (Å²) in [5.74, 6) is -0.907. The van der Waals surface area contributed by atoms with Crippen LogP contribution in [-0.2, 0) is 19.1 Å². The van der Waals surface area contributed by atoms with Gasteiger partial charge in [0.1, 0.15) is 6.10 Å². The molecule has 0 spiro atoms. The van der Waals surface area contributed by atoms with Gasteiger partial charge in [-0.25, -0.2) is 9.59 Å². The highest BCUT2D eigenvalue weighted by atomic mass is 16.6. The number of unbranched alkanes of at least 4 members (excludes halogenated alkanes) is 1. The average molecular weight is 240 g/mol. The van der Waals surface area contributed by atoms with Crippen LogP contribution in [0.3, 0.4) is 0 Å². The van der Waals surface area contributed by atoms with Gasteiger partial charge < -0.3 is 9.47 Å². The maximum atomic E-state index is 11.1. The largest absolute Gasteiger partial charge is 0.462 e. The molecule has 0 aliphatic heterocycles. The highest BCUT2D eigenvalue weighted by Crippen LogP contribution is 2.10. The van der Waals surface area contributed by atoms with Crippen molar-refractivity contribution in [3.8, 4) is 0 Å². The Morgan fingerprint density at radius 2 is 1.82 bits per heavy atom. The van der Waals surface area contributed by atoms with E-state index in [1.165, 1.54) is 0 Å². The van der Waals surface area contributed by atoms with Crippen molar-refractivity contribution >= 4 is 11.9 Å². The molecule has 0 rings (SSSR count). The highest BCUT2D eigenvalue weighted by molar-refractivity contribution is 5.81. The summed E-state index contributed by atoms with van der Waals surface area (Å²) in [4.78, 5) is 21.9. The molecule has 0 N–H and O–H groups in total. The Morgan fingerprint density at radius 1 is 1.18 bits per heavy atom. The molecule has 96 valence electrons. The summed E-state index contributed by atoms with van der Waals surface area (Å²) in [6.45, 7) is 8.92. The summed E-state index contributed by atoms with van der Waals surface area (Å²) in [5.41, 5.74) is 0. The first-order valence-electron chi connectivity index (χ1n) is 5.76. The fraction of sp³-hybridized carbons (Fsp3) is 0.538. The monoisotopic (exact) mass is 240 g/mol. The maximum Gasteiger partial charge on any atom is 0.330 e. The van der Waals surface area contributed by atoms with Gasteiger partial charge in [0, 0.05) is 18.6 Å². The van der Waals surface area contributed by atoms with E-state index in [1.54, 1.807) is 0 Å². The second kappa shape index (κ2) is 9.63. The molecule has 0 heterocycles. The van der Waals surface area contributed by atoms with Crippen molar-refractivity contribution in [1.82, 2.24) is 0 Å². The van der Waals surface area contributed by atoms with Crippen molar-refractivity contribution in [3.05, 3.63) is 25.3 Å². The van der Waals surface area contributed by atoms with Gasteiger partial charge in [-0.15, -0.1) is 0 Å². The van der Waals surface area contributed by atoms with E-state index in [9.17, 15) is 9.59 Å². The fourth-order valence-corrected chi connectivity index (χ4v) is 1.26. The van der Waals surface area contributed by atoms with Gasteiger partial charge in [-0.3, -0.25) is 0 Å². The number of ether oxygens (including phenoxy) is 2. The third-order valence-electron chi connectivity index (χ3n) is 2.18. The predicted octanol–water partition coefficient (Wildman–Crippen LogP) is 2.39. The molecule has 17 heavy (non-hydrogen) atoms. The van der Waals surface area contributed by atoms with Crippen LogP contribution in [0.25, 0.3) is 0 Å². The van der Waals surface area contributed by atoms with Crippen LogP contribution >= 0.6 is 0 Å². The lowest BCUT2D eigenvalue weighted by Crippen LogP contribution is -2.19. The molecule has 1 atom stereocenters. The molecule has 0 aliphatic rings. The van der Waals surface area contributed by atoms with Gasteiger partial charge in [0.25, 0.3) is 0 Å². The Kier molecular flexibility index (Phi) is 8.74. The van der Waals surface area contributed by atoms with E-state index in [2.05, 4.69) is 20.1 Å². The molecule has 0 aliphatic carbocycles. The van der Waals surface area contributed by atoms with Crippen molar-refractivity contribution in [3.63, 3.8) is 0 Å². The van der Waals surface area contributed by atoms with E-state index in [1.807, 2.05) is 0 Å². The summed E-state index contributed by atoms with van der Waals surface area (Å²) < 4.78 is 9.99. The van der Waals surface area contributed by atoms with Crippen molar-refractivity contribution in [2.75, 3.05) is 6.61 Å². The van der Waals surface area contributed by atoms with Crippen LogP contribution in [0.5, 0.6) is 0 Å². The van der Waals surface area contributed by atoms with Crippen LogP contribution in [0.2, 0.25) is 0 Å². The Morgan fingerprint density at radius 3 is 2.35 bits per heavy atom. The average Bonchev–Trinajstić information content (AvgIpc) is 2.34. The summed E-state index contributed by atoms with van der Waals surface area (Å²) in [7, 11) is 0. The number of carbonyl (C=O) groups excluding carboxylic acids is 2. The number of rotatable bonds is 9. The molecule has 0 saturated heterocycles. The van der Waals surface area contributed by atoms with Crippen molar-refractivity contribution < 1.29 is 19.1 Å². The quantitative estimate of drug-likeness (QED) is 0.458. The molecular formula is C13H20O4. The number of hydrogen-bond acceptors (Lipinski definition) is 4. The second-order valence-electron chi connectivity index (χ2n) is 3.57. The predicted molar refractivity (Wildman–Crippen MR) is 65.4 cm³/mol. The lowest BCUT2D eigenvalue weighted by Gasteiger charge is -2.16. The van der Waals surface area contributed by atoms with E-state index in [0.717, 1.165) is 31.4 Å². The summed E-state index contributed by atoms with van der Waals surface area (Å²) in [6.07, 6.45) is 5.27. The molecule has 0 amide bonds. The number of hydrogen-bond donors (Lipinski definition) is 0. The molecule has 0 radical (unpaired) electrons. The number of esters is 2. The molecule has 0 bridgehead atoms. The minimum Gasteiger partial charge on any atom is -0.462 e. The Balaban J connectivity index is 3.99. The zero-order valence-corrected chi connectivity index (χ0v) is 10.3. The van der Waals surface area contributed by atoms with E-state index in [0.29, 0.717) is 6.42 Å². The molecule has 0 aromatic carbocycles. The third-order valence-corrected chi connectivity index (χ3v) is 2.18. The van der Waals surface area contributed by atoms with Crippen LogP contribution in [0, 0.1) is 0 Å². The van der Waals surface area contributed by atoms with Gasteiger partial charge in [-0.2, -0.15) is 0 Å². The SMILES string of the molecule is C=CC(=O)OCCC(CCCC)OC(=O)C=C. The van der Waals surface area contributed by atoms with Crippen molar-refractivity contribution in [2.24, 2.45) is 0 Å². The van der Waals surface area contributed by atoms with Gasteiger partial charge in [0.2, 0.25) is 0 Å². The summed E-state index contributed by atoms with van der Waals surface area (Å²) in [5, 5.41) is 0. The van der Waals surface area contributed by atoms with Crippen LogP contribution in [0.4, 0.5) is 0 Å².